The third kappa shape index (κ3) is 6.02. The van der Waals surface area contributed by atoms with E-state index in [1.807, 2.05) is 42.5 Å². The minimum absolute atomic E-state index is 0.204. The molecule has 0 saturated carbocycles. The number of thiazole rings is 1. The summed E-state index contributed by atoms with van der Waals surface area (Å²) < 4.78 is 19.7. The highest BCUT2D eigenvalue weighted by Crippen LogP contribution is 2.37. The maximum atomic E-state index is 13.9. The summed E-state index contributed by atoms with van der Waals surface area (Å²) in [6.45, 7) is 4.07. The molecule has 7 nitrogen and oxygen atoms in total. The summed E-state index contributed by atoms with van der Waals surface area (Å²) in [7, 11) is 1.57. The van der Waals surface area contributed by atoms with Crippen LogP contribution in [0, 0.1) is 0 Å². The van der Waals surface area contributed by atoms with Crippen LogP contribution in [-0.4, -0.2) is 24.3 Å². The van der Waals surface area contributed by atoms with Gasteiger partial charge in [0.1, 0.15) is 6.61 Å². The number of ether oxygens (including phenoxy) is 3. The van der Waals surface area contributed by atoms with Crippen LogP contribution >= 0.6 is 38.9 Å². The van der Waals surface area contributed by atoms with Crippen LogP contribution < -0.4 is 24.4 Å². The Kier molecular flexibility index (Phi) is 8.77. The lowest BCUT2D eigenvalue weighted by atomic mass is 9.96. The molecule has 5 rings (SSSR count). The molecule has 0 amide bonds. The quantitative estimate of drug-likeness (QED) is 0.225. The van der Waals surface area contributed by atoms with Gasteiger partial charge in [0.05, 0.1) is 40.0 Å². The van der Waals surface area contributed by atoms with E-state index in [2.05, 4.69) is 20.9 Å². The van der Waals surface area contributed by atoms with Gasteiger partial charge in [0.15, 0.2) is 16.3 Å². The second-order valence-electron chi connectivity index (χ2n) is 9.16. The van der Waals surface area contributed by atoms with E-state index in [0.717, 1.165) is 16.7 Å². The fraction of sp³-hybridized carbons (Fsp3) is 0.194. The van der Waals surface area contributed by atoms with Gasteiger partial charge in [-0.3, -0.25) is 9.36 Å². The van der Waals surface area contributed by atoms with Gasteiger partial charge < -0.3 is 14.2 Å². The van der Waals surface area contributed by atoms with Crippen LogP contribution in [0.4, 0.5) is 0 Å². The van der Waals surface area contributed by atoms with Crippen LogP contribution in [0.2, 0.25) is 5.02 Å². The molecule has 3 aromatic carbocycles. The van der Waals surface area contributed by atoms with Gasteiger partial charge in [-0.2, -0.15) is 0 Å². The topological polar surface area (TPSA) is 79.1 Å². The summed E-state index contributed by atoms with van der Waals surface area (Å²) in [5.74, 6) is 0.573. The summed E-state index contributed by atoms with van der Waals surface area (Å²) in [6.07, 6.45) is 1.78. The van der Waals surface area contributed by atoms with Gasteiger partial charge in [-0.15, -0.1) is 0 Å². The average molecular weight is 654 g/mol. The largest absolute Gasteiger partial charge is 0.493 e. The zero-order chi connectivity index (χ0) is 29.1. The van der Waals surface area contributed by atoms with Crippen molar-refractivity contribution in [2.45, 2.75) is 26.5 Å². The first-order valence-corrected chi connectivity index (χ1v) is 14.8. The Labute approximate surface area is 254 Å². The van der Waals surface area contributed by atoms with Crippen LogP contribution in [0.5, 0.6) is 11.5 Å². The number of aromatic nitrogens is 1. The number of benzene rings is 3. The number of rotatable bonds is 8. The monoisotopic (exact) mass is 652 g/mol. The molecule has 41 heavy (non-hydrogen) atoms. The number of halogens is 2. The highest BCUT2D eigenvalue weighted by atomic mass is 79.9. The summed E-state index contributed by atoms with van der Waals surface area (Å²) in [6, 6.07) is 19.9. The van der Waals surface area contributed by atoms with Crippen molar-refractivity contribution in [3.05, 3.63) is 124 Å². The fourth-order valence-corrected chi connectivity index (χ4v) is 6.34. The number of methoxy groups -OCH3 is 1. The normalized spacial score (nSPS) is 14.9. The molecule has 1 aliphatic rings. The van der Waals surface area contributed by atoms with Crippen molar-refractivity contribution >= 4 is 50.9 Å². The van der Waals surface area contributed by atoms with Gasteiger partial charge in [-0.1, -0.05) is 65.4 Å². The average Bonchev–Trinajstić information content (AvgIpc) is 3.26. The molecule has 0 N–H and O–H groups in total. The Morgan fingerprint density at radius 2 is 1.88 bits per heavy atom. The summed E-state index contributed by atoms with van der Waals surface area (Å²) in [4.78, 5) is 32.0. The van der Waals surface area contributed by atoms with Crippen LogP contribution in [0.3, 0.4) is 0 Å². The molecule has 210 valence electrons. The highest BCUT2D eigenvalue weighted by Gasteiger charge is 2.33. The minimum atomic E-state index is -0.709. The molecule has 0 radical (unpaired) electrons. The van der Waals surface area contributed by atoms with Gasteiger partial charge in [0, 0.05) is 5.02 Å². The molecule has 0 saturated heterocycles. The van der Waals surface area contributed by atoms with Gasteiger partial charge in [-0.05, 0) is 76.8 Å². The van der Waals surface area contributed by atoms with E-state index >= 15 is 0 Å². The summed E-state index contributed by atoms with van der Waals surface area (Å²) >= 11 is 11.0. The Hall–Kier alpha value is -3.66. The number of hydrogen-bond acceptors (Lipinski definition) is 7. The zero-order valence-corrected chi connectivity index (χ0v) is 25.7. The lowest BCUT2D eigenvalue weighted by Gasteiger charge is -2.24. The van der Waals surface area contributed by atoms with Crippen molar-refractivity contribution < 1.29 is 19.0 Å². The number of fused-ring (bicyclic) bond motifs is 1. The van der Waals surface area contributed by atoms with E-state index < -0.39 is 12.0 Å². The highest BCUT2D eigenvalue weighted by molar-refractivity contribution is 9.10. The van der Waals surface area contributed by atoms with Crippen molar-refractivity contribution in [3.63, 3.8) is 0 Å². The third-order valence-electron chi connectivity index (χ3n) is 6.48. The first kappa shape index (κ1) is 28.9. The molecule has 4 aromatic rings. The Morgan fingerprint density at radius 1 is 1.15 bits per heavy atom. The molecule has 10 heteroatoms. The van der Waals surface area contributed by atoms with E-state index in [1.54, 1.807) is 55.9 Å². The first-order valence-electron chi connectivity index (χ1n) is 12.8. The van der Waals surface area contributed by atoms with Gasteiger partial charge in [0.2, 0.25) is 0 Å². The number of carbonyl (C=O) groups is 1. The maximum Gasteiger partial charge on any atom is 0.338 e. The second kappa shape index (κ2) is 12.5. The molecule has 1 atom stereocenters. The number of nitrogens with zero attached hydrogens (tertiary/aromatic N) is 2. The number of allylic oxidation sites excluding steroid dienone is 1. The Bertz CT molecular complexity index is 1810. The van der Waals surface area contributed by atoms with Crippen molar-refractivity contribution in [3.8, 4) is 11.5 Å². The standard InChI is InChI=1S/C31H26BrClN2O5S/c1-4-39-30(37)26-18(2)34-31-35(27(26)21-10-12-22(33)13-11-21)29(36)25(41-31)16-20-14-23(32)28(24(15-20)38-3)40-17-19-8-6-5-7-9-19/h5-16,27H,4,17H2,1-3H3/b25-16-. The van der Waals surface area contributed by atoms with Crippen LogP contribution in [0.1, 0.15) is 36.6 Å². The number of esters is 1. The number of carbonyl (C=O) groups excluding carboxylic acids is 1. The van der Waals surface area contributed by atoms with Crippen molar-refractivity contribution in [2.75, 3.05) is 13.7 Å². The van der Waals surface area contributed by atoms with E-state index in [0.29, 0.717) is 48.2 Å². The lowest BCUT2D eigenvalue weighted by molar-refractivity contribution is -0.139. The van der Waals surface area contributed by atoms with Crippen molar-refractivity contribution in [1.29, 1.82) is 0 Å². The minimum Gasteiger partial charge on any atom is -0.493 e. The van der Waals surface area contributed by atoms with E-state index in [-0.39, 0.29) is 12.2 Å². The molecule has 1 unspecified atom stereocenters. The molecule has 0 aliphatic carbocycles. The third-order valence-corrected chi connectivity index (χ3v) is 8.30. The van der Waals surface area contributed by atoms with Crippen molar-refractivity contribution in [2.24, 2.45) is 4.99 Å². The molecule has 1 aromatic heterocycles. The second-order valence-corrected chi connectivity index (χ2v) is 11.5. The molecule has 1 aliphatic heterocycles. The summed E-state index contributed by atoms with van der Waals surface area (Å²) in [5.41, 5.74) is 3.03. The molecule has 0 fully saturated rings. The van der Waals surface area contributed by atoms with E-state index in [1.165, 1.54) is 11.3 Å². The van der Waals surface area contributed by atoms with Gasteiger partial charge in [-0.25, -0.2) is 9.79 Å². The molecular formula is C31H26BrClN2O5S. The fourth-order valence-electron chi connectivity index (χ4n) is 4.60. The lowest BCUT2D eigenvalue weighted by Crippen LogP contribution is -2.39. The Morgan fingerprint density at radius 3 is 2.56 bits per heavy atom. The van der Waals surface area contributed by atoms with Gasteiger partial charge in [0.25, 0.3) is 5.56 Å². The molecule has 0 spiro atoms. The SMILES string of the molecule is CCOC(=O)C1=C(C)N=c2s/c(=C\c3cc(Br)c(OCc4ccccc4)c(OC)c3)c(=O)n2C1c1ccc(Cl)cc1. The Balaban J connectivity index is 1.58. The smallest absolute Gasteiger partial charge is 0.338 e. The molecule has 0 bridgehead atoms. The predicted octanol–water partition coefficient (Wildman–Crippen LogP) is 5.80. The van der Waals surface area contributed by atoms with Gasteiger partial charge >= 0.3 is 5.97 Å². The van der Waals surface area contributed by atoms with E-state index in [9.17, 15) is 9.59 Å². The van der Waals surface area contributed by atoms with Crippen LogP contribution in [0.15, 0.2) is 92.3 Å². The number of hydrogen-bond donors (Lipinski definition) is 0. The summed E-state index contributed by atoms with van der Waals surface area (Å²) in [5, 5.41) is 0.551. The van der Waals surface area contributed by atoms with E-state index in [4.69, 9.17) is 25.8 Å². The van der Waals surface area contributed by atoms with Crippen molar-refractivity contribution in [1.82, 2.24) is 4.57 Å². The molecular weight excluding hydrogens is 628 g/mol. The molecule has 2 heterocycles. The zero-order valence-electron chi connectivity index (χ0n) is 22.5. The van der Waals surface area contributed by atoms with Crippen LogP contribution in [0.25, 0.3) is 6.08 Å². The van der Waals surface area contributed by atoms with Crippen LogP contribution in [-0.2, 0) is 16.1 Å². The predicted molar refractivity (Wildman–Crippen MR) is 163 cm³/mol. The maximum absolute atomic E-state index is 13.9. The first-order chi connectivity index (χ1) is 19.8.